The Hall–Kier alpha value is -4.08. The average molecular weight is 509 g/mol. The number of benzene rings is 3. The van der Waals surface area contributed by atoms with Gasteiger partial charge in [-0.2, -0.15) is 0 Å². The normalized spacial score (nSPS) is 16.8. The summed E-state index contributed by atoms with van der Waals surface area (Å²) in [5, 5.41) is 2.71. The van der Waals surface area contributed by atoms with Gasteiger partial charge in [-0.05, 0) is 72.7 Å². The summed E-state index contributed by atoms with van der Waals surface area (Å²) in [5.41, 5.74) is 9.77. The molecule has 0 saturated carbocycles. The Balaban J connectivity index is 1.52. The van der Waals surface area contributed by atoms with Crippen molar-refractivity contribution in [1.29, 1.82) is 0 Å². The second kappa shape index (κ2) is 9.34. The number of allylic oxidation sites excluding steroid dienone is 8. The first-order valence-electron chi connectivity index (χ1n) is 13.3. The van der Waals surface area contributed by atoms with E-state index in [9.17, 15) is 0 Å². The number of rotatable bonds is 4. The highest BCUT2D eigenvalue weighted by Gasteiger charge is 2.33. The molecule has 5 aromatic rings. The summed E-state index contributed by atoms with van der Waals surface area (Å²) in [5.74, 6) is 0.856. The minimum Gasteiger partial charge on any atom is -0.232 e. The van der Waals surface area contributed by atoms with E-state index >= 15 is 0 Å². The molecule has 0 N–H and O–H groups in total. The Morgan fingerprint density at radius 1 is 0.921 bits per heavy atom. The van der Waals surface area contributed by atoms with Gasteiger partial charge in [0.2, 0.25) is 0 Å². The van der Waals surface area contributed by atoms with E-state index in [1.807, 2.05) is 18.3 Å². The van der Waals surface area contributed by atoms with E-state index in [0.717, 1.165) is 35.6 Å². The third-order valence-corrected chi connectivity index (χ3v) is 8.86. The number of nitrogens with zero attached hydrogens (tertiary/aromatic N) is 2. The predicted octanol–water partition coefficient (Wildman–Crippen LogP) is 9.72. The monoisotopic (exact) mass is 508 g/mol. The third-order valence-electron chi connectivity index (χ3n) is 7.73. The van der Waals surface area contributed by atoms with E-state index in [-0.39, 0.29) is 5.92 Å². The maximum atomic E-state index is 5.25. The van der Waals surface area contributed by atoms with Crippen molar-refractivity contribution in [2.24, 2.45) is 0 Å². The van der Waals surface area contributed by atoms with Gasteiger partial charge in [0.25, 0.3) is 0 Å². The average Bonchev–Trinajstić information content (AvgIpc) is 3.51. The smallest absolute Gasteiger partial charge is 0.159 e. The van der Waals surface area contributed by atoms with Gasteiger partial charge in [-0.25, -0.2) is 9.97 Å². The number of thiophene rings is 1. The first-order valence-corrected chi connectivity index (χ1v) is 14.2. The summed E-state index contributed by atoms with van der Waals surface area (Å²) >= 11 is 1.88. The molecule has 0 saturated heterocycles. The molecule has 3 heteroatoms. The SMILES string of the molecule is CC=CC(=CC)c1nc(C2=CC=CCC2)cc(C2c3ccccc3-c3c2ccc2sc4ccccc4c32)n1. The van der Waals surface area contributed by atoms with Crippen LogP contribution in [0.4, 0.5) is 0 Å². The highest BCUT2D eigenvalue weighted by Crippen LogP contribution is 2.53. The Labute approximate surface area is 227 Å². The Kier molecular flexibility index (Phi) is 5.67. The molecule has 0 spiro atoms. The second-order valence-corrected chi connectivity index (χ2v) is 11.0. The highest BCUT2D eigenvalue weighted by atomic mass is 32.1. The molecular weight excluding hydrogens is 480 g/mol. The van der Waals surface area contributed by atoms with Gasteiger partial charge in [0.15, 0.2) is 5.82 Å². The molecule has 0 fully saturated rings. The third kappa shape index (κ3) is 3.61. The summed E-state index contributed by atoms with van der Waals surface area (Å²) in [7, 11) is 0. The molecule has 2 heterocycles. The van der Waals surface area contributed by atoms with E-state index in [2.05, 4.69) is 110 Å². The van der Waals surface area contributed by atoms with Crippen molar-refractivity contribution in [2.75, 3.05) is 0 Å². The van der Waals surface area contributed by atoms with Crippen LogP contribution >= 0.6 is 11.3 Å². The maximum Gasteiger partial charge on any atom is 0.159 e. The standard InChI is InChI=1S/C35H28N2S/c1-3-12-22(4-2)35-36-28(23-13-6-5-7-14-23)21-29(37-35)32-24-15-8-9-16-25(24)33-27(32)19-20-31-34(33)26-17-10-11-18-30(26)38-31/h3-6,8-13,15-21,32H,7,14H2,1-2H3. The summed E-state index contributed by atoms with van der Waals surface area (Å²) in [6.45, 7) is 4.11. The molecule has 2 aliphatic rings. The lowest BCUT2D eigenvalue weighted by Crippen LogP contribution is -2.08. The summed E-state index contributed by atoms with van der Waals surface area (Å²) in [6, 6.07) is 24.6. The van der Waals surface area contributed by atoms with E-state index in [1.165, 1.54) is 48.0 Å². The van der Waals surface area contributed by atoms with Crippen LogP contribution in [0.2, 0.25) is 0 Å². The van der Waals surface area contributed by atoms with E-state index in [4.69, 9.17) is 9.97 Å². The van der Waals surface area contributed by atoms with Crippen molar-refractivity contribution in [3.8, 4) is 11.1 Å². The van der Waals surface area contributed by atoms with Gasteiger partial charge in [0, 0.05) is 25.7 Å². The molecule has 0 amide bonds. The van der Waals surface area contributed by atoms with E-state index in [0.29, 0.717) is 0 Å². The van der Waals surface area contributed by atoms with Crippen LogP contribution in [0.25, 0.3) is 42.4 Å². The van der Waals surface area contributed by atoms with Gasteiger partial charge in [0.05, 0.1) is 17.3 Å². The molecule has 2 aliphatic carbocycles. The number of aromatic nitrogens is 2. The Morgan fingerprint density at radius 2 is 1.79 bits per heavy atom. The Bertz CT molecular complexity index is 1850. The molecule has 0 bridgehead atoms. The highest BCUT2D eigenvalue weighted by molar-refractivity contribution is 7.25. The van der Waals surface area contributed by atoms with Gasteiger partial charge in [0.1, 0.15) is 0 Å². The topological polar surface area (TPSA) is 25.8 Å². The maximum absolute atomic E-state index is 5.25. The fourth-order valence-corrected chi connectivity index (χ4v) is 7.14. The molecule has 1 unspecified atom stereocenters. The first-order chi connectivity index (χ1) is 18.8. The zero-order chi connectivity index (χ0) is 25.6. The van der Waals surface area contributed by atoms with E-state index in [1.54, 1.807) is 0 Å². The van der Waals surface area contributed by atoms with Crippen molar-refractivity contribution in [1.82, 2.24) is 9.97 Å². The minimum absolute atomic E-state index is 0.0632. The summed E-state index contributed by atoms with van der Waals surface area (Å²) in [4.78, 5) is 10.3. The summed E-state index contributed by atoms with van der Waals surface area (Å²) < 4.78 is 2.68. The minimum atomic E-state index is 0.0632. The lowest BCUT2D eigenvalue weighted by Gasteiger charge is -2.18. The van der Waals surface area contributed by atoms with Crippen LogP contribution in [-0.2, 0) is 0 Å². The van der Waals surface area contributed by atoms with Gasteiger partial charge in [-0.1, -0.05) is 85.0 Å². The van der Waals surface area contributed by atoms with Crippen LogP contribution in [0.5, 0.6) is 0 Å². The quantitative estimate of drug-likeness (QED) is 0.221. The fraction of sp³-hybridized carbons (Fsp3) is 0.143. The van der Waals surface area contributed by atoms with Crippen LogP contribution in [0.3, 0.4) is 0 Å². The number of fused-ring (bicyclic) bond motifs is 7. The Morgan fingerprint density at radius 3 is 2.63 bits per heavy atom. The van der Waals surface area contributed by atoms with E-state index < -0.39 is 0 Å². The van der Waals surface area contributed by atoms with Crippen LogP contribution in [0.15, 0.2) is 103 Å². The van der Waals surface area contributed by atoms with Crippen molar-refractivity contribution in [2.45, 2.75) is 32.6 Å². The van der Waals surface area contributed by atoms with Gasteiger partial charge in [-0.15, -0.1) is 11.3 Å². The molecule has 7 rings (SSSR count). The molecule has 3 aromatic carbocycles. The van der Waals surface area contributed by atoms with Gasteiger partial charge >= 0.3 is 0 Å². The van der Waals surface area contributed by atoms with Crippen LogP contribution in [0, 0.1) is 0 Å². The molecule has 0 aliphatic heterocycles. The van der Waals surface area contributed by atoms with Crippen LogP contribution in [0.1, 0.15) is 60.9 Å². The molecular formula is C35H28N2S. The zero-order valence-corrected chi connectivity index (χ0v) is 22.4. The zero-order valence-electron chi connectivity index (χ0n) is 21.6. The first kappa shape index (κ1) is 23.1. The largest absolute Gasteiger partial charge is 0.232 e. The molecule has 2 nitrogen and oxygen atoms in total. The van der Waals surface area contributed by atoms with Crippen molar-refractivity contribution in [3.05, 3.63) is 132 Å². The lowest BCUT2D eigenvalue weighted by atomic mass is 9.91. The van der Waals surface area contributed by atoms with Crippen molar-refractivity contribution in [3.63, 3.8) is 0 Å². The van der Waals surface area contributed by atoms with Crippen molar-refractivity contribution >= 4 is 42.7 Å². The van der Waals surface area contributed by atoms with Crippen LogP contribution < -0.4 is 0 Å². The summed E-state index contributed by atoms with van der Waals surface area (Å²) in [6.07, 6.45) is 14.9. The molecule has 1 atom stereocenters. The molecule has 184 valence electrons. The molecule has 38 heavy (non-hydrogen) atoms. The van der Waals surface area contributed by atoms with Crippen LogP contribution in [-0.4, -0.2) is 9.97 Å². The molecule has 2 aromatic heterocycles. The molecule has 0 radical (unpaired) electrons. The lowest BCUT2D eigenvalue weighted by molar-refractivity contribution is 0.905. The fourth-order valence-electron chi connectivity index (χ4n) is 6.03. The predicted molar refractivity (Wildman–Crippen MR) is 163 cm³/mol. The number of hydrogen-bond acceptors (Lipinski definition) is 3. The van der Waals surface area contributed by atoms with Gasteiger partial charge < -0.3 is 0 Å². The van der Waals surface area contributed by atoms with Gasteiger partial charge in [-0.3, -0.25) is 0 Å². The number of hydrogen-bond donors (Lipinski definition) is 0. The van der Waals surface area contributed by atoms with Crippen molar-refractivity contribution < 1.29 is 0 Å². The second-order valence-electron chi connectivity index (χ2n) is 9.93.